The summed E-state index contributed by atoms with van der Waals surface area (Å²) in [5.74, 6) is 0. The molecule has 1 aromatic heterocycles. The Morgan fingerprint density at radius 1 is 1.14 bits per heavy atom. The topological polar surface area (TPSA) is 74.6 Å². The number of amides is 1. The van der Waals surface area contributed by atoms with Gasteiger partial charge >= 0.3 is 13.2 Å². The number of rotatable bonds is 4. The number of hydrogen-bond acceptors (Lipinski definition) is 5. The lowest BCUT2D eigenvalue weighted by molar-refractivity contribution is 0.00578. The minimum atomic E-state index is -0.529. The van der Waals surface area contributed by atoms with Crippen LogP contribution in [0.25, 0.3) is 0 Å². The van der Waals surface area contributed by atoms with Gasteiger partial charge in [0.15, 0.2) is 0 Å². The monoisotopic (exact) mass is 399 g/mol. The van der Waals surface area contributed by atoms with E-state index in [1.807, 2.05) is 83.6 Å². The van der Waals surface area contributed by atoms with E-state index in [9.17, 15) is 4.79 Å². The Labute approximate surface area is 172 Å². The lowest BCUT2D eigenvalue weighted by atomic mass is 9.82. The van der Waals surface area contributed by atoms with Crippen molar-refractivity contribution in [1.29, 1.82) is 0 Å². The number of nitrogens with one attached hydrogen (secondary N) is 1. The summed E-state index contributed by atoms with van der Waals surface area (Å²) in [6, 6.07) is 7.58. The number of nitrogens with zero attached hydrogens (tertiary/aromatic N) is 2. The fraction of sp³-hybridized carbons (Fsp3) is 0.524. The average Bonchev–Trinajstić information content (AvgIpc) is 3.10. The number of benzene rings is 1. The Morgan fingerprint density at radius 3 is 2.28 bits per heavy atom. The van der Waals surface area contributed by atoms with Gasteiger partial charge < -0.3 is 14.0 Å². The second-order valence-corrected chi connectivity index (χ2v) is 9.38. The number of anilines is 1. The first-order chi connectivity index (χ1) is 13.3. The van der Waals surface area contributed by atoms with Gasteiger partial charge in [-0.1, -0.05) is 12.1 Å². The van der Waals surface area contributed by atoms with Crippen molar-refractivity contribution in [3.63, 3.8) is 0 Å². The van der Waals surface area contributed by atoms with Crippen molar-refractivity contribution in [2.45, 2.75) is 71.8 Å². The molecule has 0 bridgehead atoms. The standard InChI is InChI=1S/C21H30BN3O4/c1-19(2,3)27-18(26)24-17-10-8-15(9-11-17)13-25-14-16(12-23-25)22-28-20(4,5)21(6,7)29-22/h8-12,14H,13H2,1-7H3,(H,24,26). The third-order valence-corrected chi connectivity index (χ3v) is 5.12. The first kappa shape index (κ1) is 21.4. The zero-order chi connectivity index (χ0) is 21.4. The summed E-state index contributed by atoms with van der Waals surface area (Å²) in [4.78, 5) is 11.9. The van der Waals surface area contributed by atoms with Gasteiger partial charge in [0.1, 0.15) is 5.60 Å². The predicted octanol–water partition coefficient (Wildman–Crippen LogP) is 3.58. The molecular formula is C21H30BN3O4. The Morgan fingerprint density at radius 2 is 1.72 bits per heavy atom. The SMILES string of the molecule is CC(C)(C)OC(=O)Nc1ccc(Cn2cc(B3OC(C)(C)C(C)(C)O3)cn2)cc1. The van der Waals surface area contributed by atoms with E-state index in [-0.39, 0.29) is 11.2 Å². The van der Waals surface area contributed by atoms with Gasteiger partial charge in [0, 0.05) is 23.5 Å². The molecule has 29 heavy (non-hydrogen) atoms. The molecule has 8 heteroatoms. The highest BCUT2D eigenvalue weighted by Gasteiger charge is 2.52. The minimum Gasteiger partial charge on any atom is -0.444 e. The highest BCUT2D eigenvalue weighted by atomic mass is 16.7. The van der Waals surface area contributed by atoms with Crippen LogP contribution in [-0.2, 0) is 20.6 Å². The quantitative estimate of drug-likeness (QED) is 0.796. The minimum absolute atomic E-state index is 0.378. The van der Waals surface area contributed by atoms with E-state index in [0.717, 1.165) is 11.0 Å². The maximum absolute atomic E-state index is 11.9. The zero-order valence-corrected chi connectivity index (χ0v) is 18.3. The van der Waals surface area contributed by atoms with E-state index in [1.165, 1.54) is 0 Å². The first-order valence-corrected chi connectivity index (χ1v) is 9.82. The maximum Gasteiger partial charge on any atom is 0.498 e. The smallest absolute Gasteiger partial charge is 0.444 e. The molecule has 1 saturated heterocycles. The summed E-state index contributed by atoms with van der Waals surface area (Å²) in [6.07, 6.45) is 3.25. The predicted molar refractivity (Wildman–Crippen MR) is 113 cm³/mol. The van der Waals surface area contributed by atoms with E-state index >= 15 is 0 Å². The number of carbonyl (C=O) groups is 1. The molecule has 1 fully saturated rings. The summed E-state index contributed by atoms with van der Waals surface area (Å²) >= 11 is 0. The Hall–Kier alpha value is -2.32. The molecule has 0 unspecified atom stereocenters. The summed E-state index contributed by atoms with van der Waals surface area (Å²) in [6.45, 7) is 14.2. The Bertz CT molecular complexity index is 853. The van der Waals surface area contributed by atoms with Gasteiger partial charge in [-0.05, 0) is 66.2 Å². The van der Waals surface area contributed by atoms with Gasteiger partial charge in [-0.2, -0.15) is 5.10 Å². The van der Waals surface area contributed by atoms with Crippen molar-refractivity contribution in [2.75, 3.05) is 5.32 Å². The van der Waals surface area contributed by atoms with Crippen molar-refractivity contribution in [3.8, 4) is 0 Å². The molecule has 2 heterocycles. The Kier molecular flexibility index (Phi) is 5.53. The van der Waals surface area contributed by atoms with E-state index in [0.29, 0.717) is 12.2 Å². The number of hydrogen-bond donors (Lipinski definition) is 1. The van der Waals surface area contributed by atoms with Gasteiger partial charge in [-0.25, -0.2) is 4.79 Å². The molecule has 0 spiro atoms. The highest BCUT2D eigenvalue weighted by Crippen LogP contribution is 2.36. The van der Waals surface area contributed by atoms with Crippen LogP contribution in [0.3, 0.4) is 0 Å². The van der Waals surface area contributed by atoms with E-state index in [1.54, 1.807) is 6.20 Å². The first-order valence-electron chi connectivity index (χ1n) is 9.82. The van der Waals surface area contributed by atoms with Gasteiger partial charge in [0.2, 0.25) is 0 Å². The van der Waals surface area contributed by atoms with Crippen LogP contribution < -0.4 is 10.8 Å². The molecular weight excluding hydrogens is 369 g/mol. The van der Waals surface area contributed by atoms with Crippen molar-refractivity contribution in [2.24, 2.45) is 0 Å². The van der Waals surface area contributed by atoms with Crippen LogP contribution in [0.5, 0.6) is 0 Å². The molecule has 0 radical (unpaired) electrons. The molecule has 0 aliphatic carbocycles. The second-order valence-electron chi connectivity index (χ2n) is 9.38. The normalized spacial score (nSPS) is 18.0. The van der Waals surface area contributed by atoms with Crippen LogP contribution in [0.1, 0.15) is 54.0 Å². The molecule has 0 atom stereocenters. The van der Waals surface area contributed by atoms with Gasteiger partial charge in [-0.3, -0.25) is 10.00 Å². The van der Waals surface area contributed by atoms with E-state index in [2.05, 4.69) is 10.4 Å². The largest absolute Gasteiger partial charge is 0.498 e. The molecule has 2 aromatic rings. The fourth-order valence-electron chi connectivity index (χ4n) is 2.87. The summed E-state index contributed by atoms with van der Waals surface area (Å²) in [5.41, 5.74) is 1.35. The third kappa shape index (κ3) is 5.19. The maximum atomic E-state index is 11.9. The fourth-order valence-corrected chi connectivity index (χ4v) is 2.87. The van der Waals surface area contributed by atoms with Crippen molar-refractivity contribution in [3.05, 3.63) is 42.2 Å². The third-order valence-electron chi connectivity index (χ3n) is 5.12. The van der Waals surface area contributed by atoms with Crippen LogP contribution >= 0.6 is 0 Å². The van der Waals surface area contributed by atoms with Crippen molar-refractivity contribution >= 4 is 24.4 Å². The lowest BCUT2D eigenvalue weighted by Crippen LogP contribution is -2.41. The number of ether oxygens (including phenoxy) is 1. The molecule has 7 nitrogen and oxygen atoms in total. The lowest BCUT2D eigenvalue weighted by Gasteiger charge is -2.32. The molecule has 1 aliphatic rings. The molecule has 1 aliphatic heterocycles. The van der Waals surface area contributed by atoms with Gasteiger partial charge in [-0.15, -0.1) is 0 Å². The van der Waals surface area contributed by atoms with E-state index < -0.39 is 18.8 Å². The summed E-state index contributed by atoms with van der Waals surface area (Å²) < 4.78 is 19.3. The molecule has 0 saturated carbocycles. The molecule has 3 rings (SSSR count). The van der Waals surface area contributed by atoms with Crippen LogP contribution in [0.15, 0.2) is 36.7 Å². The molecule has 1 N–H and O–H groups in total. The summed E-state index contributed by atoms with van der Waals surface area (Å²) in [7, 11) is -0.422. The van der Waals surface area contributed by atoms with Crippen LogP contribution in [-0.4, -0.2) is 39.8 Å². The number of aromatic nitrogens is 2. The average molecular weight is 399 g/mol. The molecule has 156 valence electrons. The number of carbonyl (C=O) groups excluding carboxylic acids is 1. The van der Waals surface area contributed by atoms with Crippen molar-refractivity contribution < 1.29 is 18.8 Å². The zero-order valence-electron chi connectivity index (χ0n) is 18.3. The highest BCUT2D eigenvalue weighted by molar-refractivity contribution is 6.62. The van der Waals surface area contributed by atoms with Crippen LogP contribution in [0.2, 0.25) is 0 Å². The molecule has 1 aromatic carbocycles. The Balaban J connectivity index is 1.60. The van der Waals surface area contributed by atoms with E-state index in [4.69, 9.17) is 14.0 Å². The van der Waals surface area contributed by atoms with Crippen LogP contribution in [0, 0.1) is 0 Å². The van der Waals surface area contributed by atoms with Crippen molar-refractivity contribution in [1.82, 2.24) is 9.78 Å². The second kappa shape index (κ2) is 7.50. The summed E-state index contributed by atoms with van der Waals surface area (Å²) in [5, 5.41) is 7.16. The molecule has 1 amide bonds. The van der Waals surface area contributed by atoms with Gasteiger partial charge in [0.05, 0.1) is 17.7 Å². The van der Waals surface area contributed by atoms with Gasteiger partial charge in [0.25, 0.3) is 0 Å². The van der Waals surface area contributed by atoms with Crippen LogP contribution in [0.4, 0.5) is 10.5 Å².